The Kier molecular flexibility index (Phi) is 4.67. The molecular formula is C23H18N2O4S. The van der Waals surface area contributed by atoms with Gasteiger partial charge in [0, 0.05) is 17.3 Å². The van der Waals surface area contributed by atoms with Crippen molar-refractivity contribution in [2.45, 2.75) is 17.7 Å². The van der Waals surface area contributed by atoms with Gasteiger partial charge < -0.3 is 9.47 Å². The maximum atomic E-state index is 13.3. The van der Waals surface area contributed by atoms with Gasteiger partial charge in [0.05, 0.1) is 11.4 Å². The van der Waals surface area contributed by atoms with Crippen LogP contribution in [-0.2, 0) is 21.0 Å². The van der Waals surface area contributed by atoms with Crippen molar-refractivity contribution in [3.63, 3.8) is 0 Å². The Morgan fingerprint density at radius 2 is 1.83 bits per heavy atom. The van der Waals surface area contributed by atoms with E-state index in [-0.39, 0.29) is 12.5 Å². The lowest BCUT2D eigenvalue weighted by Crippen LogP contribution is -2.45. The van der Waals surface area contributed by atoms with Gasteiger partial charge in [-0.3, -0.25) is 14.7 Å². The van der Waals surface area contributed by atoms with Crippen molar-refractivity contribution in [2.24, 2.45) is 0 Å². The molecule has 2 unspecified atom stereocenters. The molecule has 2 aliphatic rings. The number of carbonyl (C=O) groups excluding carboxylic acids is 2. The van der Waals surface area contributed by atoms with Crippen LogP contribution in [0.2, 0.25) is 0 Å². The summed E-state index contributed by atoms with van der Waals surface area (Å²) in [6, 6.07) is 22.8. The third-order valence-electron chi connectivity index (χ3n) is 5.26. The number of carbonyl (C=O) groups is 2. The second-order valence-electron chi connectivity index (χ2n) is 6.97. The minimum Gasteiger partial charge on any atom is -0.428 e. The molecule has 2 aliphatic heterocycles. The van der Waals surface area contributed by atoms with Gasteiger partial charge in [0.1, 0.15) is 11.5 Å². The standard InChI is InChI=1S/C23H18N2O4S/c26-21-18-11-4-5-12-19(18)23(16-8-2-1-3-9-16)25(21)20(15-30-23)29-22(27)28-14-17-10-6-7-13-24-17/h1-13,20H,14-15H2. The van der Waals surface area contributed by atoms with Crippen molar-refractivity contribution >= 4 is 23.8 Å². The number of benzene rings is 2. The number of amides is 1. The molecule has 0 spiro atoms. The fourth-order valence-corrected chi connectivity index (χ4v) is 5.58. The molecule has 1 aromatic heterocycles. The first-order valence-corrected chi connectivity index (χ1v) is 10.5. The van der Waals surface area contributed by atoms with Crippen LogP contribution in [0.25, 0.3) is 0 Å². The molecule has 6 nitrogen and oxygen atoms in total. The van der Waals surface area contributed by atoms with Crippen LogP contribution >= 0.6 is 11.8 Å². The normalized spacial score (nSPS) is 21.8. The molecule has 3 aromatic rings. The molecule has 0 bridgehead atoms. The van der Waals surface area contributed by atoms with Crippen LogP contribution in [0.4, 0.5) is 4.79 Å². The van der Waals surface area contributed by atoms with Gasteiger partial charge in [0.15, 0.2) is 6.23 Å². The highest BCUT2D eigenvalue weighted by Crippen LogP contribution is 2.57. The molecular weight excluding hydrogens is 400 g/mol. The number of aromatic nitrogens is 1. The summed E-state index contributed by atoms with van der Waals surface area (Å²) in [5.74, 6) is 0.301. The molecule has 0 N–H and O–H groups in total. The Labute approximate surface area is 177 Å². The Morgan fingerprint density at radius 3 is 2.63 bits per heavy atom. The van der Waals surface area contributed by atoms with E-state index in [1.165, 1.54) is 0 Å². The van der Waals surface area contributed by atoms with Crippen LogP contribution in [0.5, 0.6) is 0 Å². The van der Waals surface area contributed by atoms with Crippen LogP contribution < -0.4 is 0 Å². The summed E-state index contributed by atoms with van der Waals surface area (Å²) >= 11 is 1.58. The lowest BCUT2D eigenvalue weighted by atomic mass is 9.97. The molecule has 1 amide bonds. The highest BCUT2D eigenvalue weighted by Gasteiger charge is 2.59. The average molecular weight is 418 g/mol. The quantitative estimate of drug-likeness (QED) is 0.593. The van der Waals surface area contributed by atoms with E-state index in [0.29, 0.717) is 17.0 Å². The summed E-state index contributed by atoms with van der Waals surface area (Å²) < 4.78 is 10.8. The molecule has 2 aromatic carbocycles. The van der Waals surface area contributed by atoms with Crippen LogP contribution in [0.3, 0.4) is 0 Å². The zero-order valence-corrected chi connectivity index (χ0v) is 16.7. The molecule has 150 valence electrons. The Bertz CT molecular complexity index is 1090. The molecule has 30 heavy (non-hydrogen) atoms. The van der Waals surface area contributed by atoms with Crippen molar-refractivity contribution in [3.8, 4) is 0 Å². The predicted octanol–water partition coefficient (Wildman–Crippen LogP) is 4.16. The largest absolute Gasteiger partial charge is 0.510 e. The third kappa shape index (κ3) is 2.93. The van der Waals surface area contributed by atoms with E-state index in [2.05, 4.69) is 4.98 Å². The van der Waals surface area contributed by atoms with Crippen LogP contribution in [0.15, 0.2) is 79.0 Å². The van der Waals surface area contributed by atoms with Gasteiger partial charge in [-0.25, -0.2) is 4.79 Å². The molecule has 7 heteroatoms. The van der Waals surface area contributed by atoms with Crippen molar-refractivity contribution in [3.05, 3.63) is 101 Å². The summed E-state index contributed by atoms with van der Waals surface area (Å²) in [5.41, 5.74) is 3.14. The number of nitrogens with zero attached hydrogens (tertiary/aromatic N) is 2. The highest BCUT2D eigenvalue weighted by atomic mass is 32.2. The Hall–Kier alpha value is -3.32. The maximum absolute atomic E-state index is 13.3. The number of pyridine rings is 1. The topological polar surface area (TPSA) is 68.7 Å². The number of fused-ring (bicyclic) bond motifs is 3. The monoisotopic (exact) mass is 418 g/mol. The number of rotatable bonds is 4. The molecule has 0 saturated carbocycles. The lowest BCUT2D eigenvalue weighted by molar-refractivity contribution is -0.0331. The zero-order chi connectivity index (χ0) is 20.6. The van der Waals surface area contributed by atoms with Crippen LogP contribution in [-0.4, -0.2) is 33.9 Å². The Balaban J connectivity index is 1.42. The molecule has 2 atom stereocenters. The van der Waals surface area contributed by atoms with Gasteiger partial charge in [-0.05, 0) is 23.8 Å². The first-order chi connectivity index (χ1) is 14.7. The van der Waals surface area contributed by atoms with Gasteiger partial charge in [0.25, 0.3) is 5.91 Å². The number of ether oxygens (including phenoxy) is 2. The fraction of sp³-hybridized carbons (Fsp3) is 0.174. The molecule has 1 fully saturated rings. The van der Waals surface area contributed by atoms with Crippen molar-refractivity contribution in [1.29, 1.82) is 0 Å². The number of thioether (sulfide) groups is 1. The summed E-state index contributed by atoms with van der Waals surface area (Å²) in [7, 11) is 0. The van der Waals surface area contributed by atoms with E-state index in [0.717, 1.165) is 11.1 Å². The van der Waals surface area contributed by atoms with E-state index >= 15 is 0 Å². The van der Waals surface area contributed by atoms with Crippen molar-refractivity contribution in [2.75, 3.05) is 5.75 Å². The fourth-order valence-electron chi connectivity index (χ4n) is 4.01. The molecule has 3 heterocycles. The highest BCUT2D eigenvalue weighted by molar-refractivity contribution is 8.00. The van der Waals surface area contributed by atoms with Gasteiger partial charge in [-0.2, -0.15) is 0 Å². The summed E-state index contributed by atoms with van der Waals surface area (Å²) in [4.78, 5) is 30.7. The summed E-state index contributed by atoms with van der Waals surface area (Å²) in [6.07, 6.45) is 0.0802. The minimum atomic E-state index is -0.820. The lowest BCUT2D eigenvalue weighted by Gasteiger charge is -2.34. The van der Waals surface area contributed by atoms with Gasteiger partial charge >= 0.3 is 6.16 Å². The molecule has 1 saturated heterocycles. The molecule has 0 radical (unpaired) electrons. The first-order valence-electron chi connectivity index (χ1n) is 9.56. The van der Waals surface area contributed by atoms with Crippen molar-refractivity contribution < 1.29 is 19.1 Å². The maximum Gasteiger partial charge on any atom is 0.510 e. The summed E-state index contributed by atoms with van der Waals surface area (Å²) in [5, 5.41) is 0. The van der Waals surface area contributed by atoms with E-state index in [9.17, 15) is 9.59 Å². The molecule has 5 rings (SSSR count). The second kappa shape index (κ2) is 7.50. The molecule has 0 aliphatic carbocycles. The number of hydrogen-bond acceptors (Lipinski definition) is 6. The van der Waals surface area contributed by atoms with Gasteiger partial charge in [0.2, 0.25) is 0 Å². The number of hydrogen-bond donors (Lipinski definition) is 0. The smallest absolute Gasteiger partial charge is 0.428 e. The van der Waals surface area contributed by atoms with Crippen LogP contribution in [0, 0.1) is 0 Å². The van der Waals surface area contributed by atoms with Crippen molar-refractivity contribution in [1.82, 2.24) is 9.88 Å². The van der Waals surface area contributed by atoms with E-state index in [1.807, 2.05) is 60.7 Å². The van der Waals surface area contributed by atoms with E-state index < -0.39 is 17.3 Å². The third-order valence-corrected chi connectivity index (χ3v) is 6.79. The van der Waals surface area contributed by atoms with E-state index in [1.54, 1.807) is 35.0 Å². The van der Waals surface area contributed by atoms with Gasteiger partial charge in [-0.1, -0.05) is 54.6 Å². The van der Waals surface area contributed by atoms with Crippen LogP contribution in [0.1, 0.15) is 27.2 Å². The van der Waals surface area contributed by atoms with Gasteiger partial charge in [-0.15, -0.1) is 11.8 Å². The second-order valence-corrected chi connectivity index (χ2v) is 8.19. The first kappa shape index (κ1) is 18.7. The summed E-state index contributed by atoms with van der Waals surface area (Å²) in [6.45, 7) is 0.0114. The zero-order valence-electron chi connectivity index (χ0n) is 15.9. The average Bonchev–Trinajstić information content (AvgIpc) is 3.29. The minimum absolute atomic E-state index is 0.0114. The Morgan fingerprint density at radius 1 is 1.07 bits per heavy atom. The van der Waals surface area contributed by atoms with E-state index in [4.69, 9.17) is 9.47 Å². The predicted molar refractivity (Wildman–Crippen MR) is 112 cm³/mol. The SMILES string of the molecule is O=C(OCc1ccccn1)OC1CSC2(c3ccccc3)c3ccccc3C(=O)N12.